The molecule has 0 fully saturated rings. The van der Waals surface area contributed by atoms with E-state index in [4.69, 9.17) is 5.11 Å². The zero-order valence-corrected chi connectivity index (χ0v) is 8.83. The first kappa shape index (κ1) is 9.04. The molecule has 1 aromatic rings. The van der Waals surface area contributed by atoms with Gasteiger partial charge in [0, 0.05) is 10.8 Å². The third kappa shape index (κ3) is 1.30. The maximum Gasteiger partial charge on any atom is 0.317 e. The molecule has 1 heterocycles. The Morgan fingerprint density at radius 3 is 3.13 bits per heavy atom. The maximum atomic E-state index is 11.0. The Labute approximate surface area is 92.0 Å². The topological polar surface area (TPSA) is 37.3 Å². The van der Waals surface area contributed by atoms with Crippen LogP contribution in [0.1, 0.15) is 23.5 Å². The van der Waals surface area contributed by atoms with Gasteiger partial charge in [-0.1, -0.05) is 24.3 Å². The van der Waals surface area contributed by atoms with Gasteiger partial charge in [0.05, 0.1) is 0 Å². The predicted molar refractivity (Wildman–Crippen MR) is 60.1 cm³/mol. The van der Waals surface area contributed by atoms with Crippen LogP contribution in [0.4, 0.5) is 0 Å². The first-order valence-electron chi connectivity index (χ1n) is 4.96. The van der Waals surface area contributed by atoms with E-state index in [0.29, 0.717) is 5.92 Å². The number of hydrogen-bond acceptors (Lipinski definition) is 2. The van der Waals surface area contributed by atoms with Crippen LogP contribution < -0.4 is 0 Å². The van der Waals surface area contributed by atoms with Gasteiger partial charge in [-0.25, -0.2) is 0 Å². The minimum Gasteiger partial charge on any atom is -0.480 e. The molecule has 1 aromatic carbocycles. The number of benzene rings is 1. The fraction of sp³-hybridized carbons (Fsp3) is 0.250. The van der Waals surface area contributed by atoms with E-state index in [1.807, 2.05) is 12.1 Å². The molecule has 0 amide bonds. The zero-order valence-electron chi connectivity index (χ0n) is 8.01. The lowest BCUT2D eigenvalue weighted by molar-refractivity contribution is -0.136. The summed E-state index contributed by atoms with van der Waals surface area (Å²) in [5, 5.41) is 8.76. The van der Waals surface area contributed by atoms with Crippen molar-refractivity contribution in [2.75, 3.05) is 0 Å². The molecular weight excluding hydrogens is 208 g/mol. The van der Waals surface area contributed by atoms with Gasteiger partial charge >= 0.3 is 5.97 Å². The molecule has 0 bridgehead atoms. The highest BCUT2D eigenvalue weighted by Crippen LogP contribution is 2.47. The Morgan fingerprint density at radius 2 is 2.33 bits per heavy atom. The number of carboxylic acids is 1. The first-order valence-corrected chi connectivity index (χ1v) is 5.84. The molecule has 0 radical (unpaired) electrons. The highest BCUT2D eigenvalue weighted by atomic mass is 32.2. The quantitative estimate of drug-likeness (QED) is 0.787. The number of allylic oxidation sites excluding steroid dienone is 1. The van der Waals surface area contributed by atoms with Crippen molar-refractivity contribution in [3.8, 4) is 0 Å². The molecule has 1 aliphatic heterocycles. The molecule has 0 saturated heterocycles. The van der Waals surface area contributed by atoms with E-state index >= 15 is 0 Å². The van der Waals surface area contributed by atoms with Crippen molar-refractivity contribution in [3.63, 3.8) is 0 Å². The van der Waals surface area contributed by atoms with E-state index in [0.717, 1.165) is 11.3 Å². The van der Waals surface area contributed by atoms with Crippen LogP contribution in [0.3, 0.4) is 0 Å². The highest BCUT2D eigenvalue weighted by molar-refractivity contribution is 8.00. The number of aliphatic carboxylic acids is 1. The number of carboxylic acid groups (broad SMARTS) is 1. The summed E-state index contributed by atoms with van der Waals surface area (Å²) in [5.74, 6) is -0.380. The minimum atomic E-state index is -0.698. The third-order valence-electron chi connectivity index (χ3n) is 2.99. The Kier molecular flexibility index (Phi) is 1.89. The lowest BCUT2D eigenvalue weighted by Gasteiger charge is -2.25. The average molecular weight is 218 g/mol. The molecule has 0 spiro atoms. The Morgan fingerprint density at radius 1 is 1.47 bits per heavy atom. The van der Waals surface area contributed by atoms with Crippen LogP contribution in [0.15, 0.2) is 29.2 Å². The predicted octanol–water partition coefficient (Wildman–Crippen LogP) is 2.75. The van der Waals surface area contributed by atoms with Crippen LogP contribution in [0.2, 0.25) is 0 Å². The summed E-state index contributed by atoms with van der Waals surface area (Å²) in [6.45, 7) is 0. The van der Waals surface area contributed by atoms with Crippen LogP contribution in [0.25, 0.3) is 6.08 Å². The number of rotatable bonds is 1. The Hall–Kier alpha value is -1.22. The fourth-order valence-corrected chi connectivity index (χ4v) is 3.57. The molecule has 1 aliphatic carbocycles. The summed E-state index contributed by atoms with van der Waals surface area (Å²) in [7, 11) is 0. The average Bonchev–Trinajstić information content (AvgIpc) is 2.64. The molecular formula is C12H10O2S. The van der Waals surface area contributed by atoms with Crippen LogP contribution in [0, 0.1) is 0 Å². The second-order valence-corrected chi connectivity index (χ2v) is 5.15. The molecule has 3 rings (SSSR count). The number of carbonyl (C=O) groups is 1. The van der Waals surface area contributed by atoms with Gasteiger partial charge in [0.2, 0.25) is 0 Å². The van der Waals surface area contributed by atoms with Crippen molar-refractivity contribution in [3.05, 3.63) is 35.4 Å². The van der Waals surface area contributed by atoms with E-state index in [9.17, 15) is 4.79 Å². The van der Waals surface area contributed by atoms with Gasteiger partial charge in [0.25, 0.3) is 0 Å². The van der Waals surface area contributed by atoms with Crippen LogP contribution >= 0.6 is 11.8 Å². The van der Waals surface area contributed by atoms with Crippen molar-refractivity contribution < 1.29 is 9.90 Å². The van der Waals surface area contributed by atoms with E-state index in [2.05, 4.69) is 18.2 Å². The van der Waals surface area contributed by atoms with Crippen molar-refractivity contribution in [1.29, 1.82) is 0 Å². The van der Waals surface area contributed by atoms with Gasteiger partial charge in [-0.2, -0.15) is 0 Å². The maximum absolute atomic E-state index is 11.0. The molecule has 3 heteroatoms. The van der Waals surface area contributed by atoms with Gasteiger partial charge in [0.1, 0.15) is 5.25 Å². The summed E-state index contributed by atoms with van der Waals surface area (Å²) in [6.07, 6.45) is 4.96. The second kappa shape index (κ2) is 3.14. The Bertz CT molecular complexity index is 465. The van der Waals surface area contributed by atoms with E-state index < -0.39 is 5.97 Å². The largest absolute Gasteiger partial charge is 0.480 e. The minimum absolute atomic E-state index is 0.291. The summed E-state index contributed by atoms with van der Waals surface area (Å²) >= 11 is 1.48. The third-order valence-corrected chi connectivity index (χ3v) is 4.28. The second-order valence-electron chi connectivity index (χ2n) is 3.91. The van der Waals surface area contributed by atoms with Gasteiger partial charge in [-0.15, -0.1) is 11.8 Å². The van der Waals surface area contributed by atoms with Gasteiger partial charge in [-0.3, -0.25) is 4.79 Å². The van der Waals surface area contributed by atoms with E-state index in [1.54, 1.807) is 0 Å². The summed E-state index contributed by atoms with van der Waals surface area (Å²) in [5.41, 5.74) is 2.59. The Balaban J connectivity index is 2.08. The van der Waals surface area contributed by atoms with Crippen molar-refractivity contribution >= 4 is 23.8 Å². The van der Waals surface area contributed by atoms with Gasteiger partial charge in [0.15, 0.2) is 0 Å². The molecule has 2 nitrogen and oxygen atoms in total. The molecule has 0 aromatic heterocycles. The standard InChI is InChI=1S/C12H10O2S/c13-12(14)10-6-8-5-4-7-2-1-3-9(15-10)11(7)8/h1-5,8,10H,6H2,(H,13,14). The lowest BCUT2D eigenvalue weighted by Crippen LogP contribution is -2.22. The fourth-order valence-electron chi connectivity index (χ4n) is 2.30. The van der Waals surface area contributed by atoms with Crippen molar-refractivity contribution in [1.82, 2.24) is 0 Å². The molecule has 15 heavy (non-hydrogen) atoms. The van der Waals surface area contributed by atoms with Gasteiger partial charge < -0.3 is 5.11 Å². The molecule has 0 saturated carbocycles. The van der Waals surface area contributed by atoms with Crippen molar-refractivity contribution in [2.45, 2.75) is 22.5 Å². The van der Waals surface area contributed by atoms with Crippen LogP contribution in [-0.2, 0) is 4.79 Å². The van der Waals surface area contributed by atoms with Gasteiger partial charge in [-0.05, 0) is 23.6 Å². The zero-order chi connectivity index (χ0) is 10.4. The number of thioether (sulfide) groups is 1. The lowest BCUT2D eigenvalue weighted by atomic mass is 9.95. The first-order chi connectivity index (χ1) is 7.25. The molecule has 2 atom stereocenters. The smallest absolute Gasteiger partial charge is 0.317 e. The van der Waals surface area contributed by atoms with Crippen LogP contribution in [-0.4, -0.2) is 16.3 Å². The molecule has 2 unspecified atom stereocenters. The monoisotopic (exact) mass is 218 g/mol. The highest BCUT2D eigenvalue weighted by Gasteiger charge is 2.33. The summed E-state index contributed by atoms with van der Waals surface area (Å²) in [4.78, 5) is 12.1. The normalized spacial score (nSPS) is 26.4. The van der Waals surface area contributed by atoms with E-state index in [-0.39, 0.29) is 5.25 Å². The SMILES string of the molecule is O=C(O)C1CC2C=Cc3cccc(c32)S1. The summed E-state index contributed by atoms with van der Waals surface area (Å²) < 4.78 is 0. The van der Waals surface area contributed by atoms with Crippen LogP contribution in [0.5, 0.6) is 0 Å². The summed E-state index contributed by atoms with van der Waals surface area (Å²) in [6, 6.07) is 6.12. The van der Waals surface area contributed by atoms with Crippen molar-refractivity contribution in [2.24, 2.45) is 0 Å². The number of hydrogen-bond donors (Lipinski definition) is 1. The molecule has 2 aliphatic rings. The molecule has 1 N–H and O–H groups in total. The van der Waals surface area contributed by atoms with E-state index in [1.165, 1.54) is 22.9 Å². The molecule has 76 valence electrons.